The van der Waals surface area contributed by atoms with Crippen LogP contribution in [0.4, 0.5) is 10.5 Å². The van der Waals surface area contributed by atoms with E-state index in [0.29, 0.717) is 24.3 Å². The van der Waals surface area contributed by atoms with E-state index in [0.717, 1.165) is 18.4 Å². The monoisotopic (exact) mass is 310 g/mol. The van der Waals surface area contributed by atoms with Crippen LogP contribution >= 0.6 is 0 Å². The van der Waals surface area contributed by atoms with Gasteiger partial charge < -0.3 is 20.3 Å². The van der Waals surface area contributed by atoms with Gasteiger partial charge in [-0.05, 0) is 41.6 Å². The van der Waals surface area contributed by atoms with E-state index >= 15 is 0 Å². The summed E-state index contributed by atoms with van der Waals surface area (Å²) in [6.07, 6.45) is 1.82. The second-order valence-electron chi connectivity index (χ2n) is 5.55. The molecule has 1 heterocycles. The maximum atomic E-state index is 11.9. The molecule has 5 nitrogen and oxygen atoms in total. The molecule has 3 N–H and O–H groups in total. The third-order valence-corrected chi connectivity index (χ3v) is 3.84. The molecule has 1 aliphatic heterocycles. The minimum Gasteiger partial charge on any atom is -0.423 e. The van der Waals surface area contributed by atoms with Gasteiger partial charge >= 0.3 is 13.1 Å². The summed E-state index contributed by atoms with van der Waals surface area (Å²) in [5, 5.41) is 15.3. The number of anilines is 1. The highest BCUT2D eigenvalue weighted by Crippen LogP contribution is 2.14. The molecule has 0 atom stereocenters. The molecular formula is C17H19BN2O3. The van der Waals surface area contributed by atoms with Crippen LogP contribution in [0.5, 0.6) is 0 Å². The van der Waals surface area contributed by atoms with E-state index in [4.69, 9.17) is 4.65 Å². The highest BCUT2D eigenvalue weighted by molar-refractivity contribution is 6.61. The molecule has 2 amide bonds. The van der Waals surface area contributed by atoms with Crippen LogP contribution in [-0.4, -0.2) is 24.7 Å². The third-order valence-electron chi connectivity index (χ3n) is 3.84. The number of urea groups is 1. The smallest absolute Gasteiger partial charge is 0.423 e. The Morgan fingerprint density at radius 1 is 1.22 bits per heavy atom. The summed E-state index contributed by atoms with van der Waals surface area (Å²) in [5.41, 5.74) is 3.58. The van der Waals surface area contributed by atoms with Crippen molar-refractivity contribution in [2.45, 2.75) is 19.4 Å². The van der Waals surface area contributed by atoms with Gasteiger partial charge in [0.15, 0.2) is 0 Å². The maximum absolute atomic E-state index is 11.9. The van der Waals surface area contributed by atoms with Gasteiger partial charge in [0, 0.05) is 12.2 Å². The summed E-state index contributed by atoms with van der Waals surface area (Å²) in [6.45, 7) is 1.01. The Kier molecular flexibility index (Phi) is 4.95. The van der Waals surface area contributed by atoms with Crippen molar-refractivity contribution in [3.05, 3.63) is 59.7 Å². The summed E-state index contributed by atoms with van der Waals surface area (Å²) >= 11 is 0. The van der Waals surface area contributed by atoms with Crippen LogP contribution in [0.15, 0.2) is 48.5 Å². The lowest BCUT2D eigenvalue weighted by atomic mass is 9.79. The predicted octanol–water partition coefficient (Wildman–Crippen LogP) is 1.66. The van der Waals surface area contributed by atoms with Crippen LogP contribution in [0.1, 0.15) is 17.5 Å². The Labute approximate surface area is 135 Å². The molecule has 0 fully saturated rings. The lowest BCUT2D eigenvalue weighted by Gasteiger charge is -2.09. The van der Waals surface area contributed by atoms with Gasteiger partial charge in [-0.3, -0.25) is 0 Å². The van der Waals surface area contributed by atoms with Crippen molar-refractivity contribution < 1.29 is 14.5 Å². The number of benzene rings is 2. The number of nitrogens with one attached hydrogen (secondary N) is 2. The number of hydrogen-bond donors (Lipinski definition) is 3. The summed E-state index contributed by atoms with van der Waals surface area (Å²) in [7, 11) is -0.902. The zero-order valence-electron chi connectivity index (χ0n) is 12.8. The first-order valence-corrected chi connectivity index (χ1v) is 7.73. The molecule has 0 aromatic heterocycles. The lowest BCUT2D eigenvalue weighted by Crippen LogP contribution is -2.31. The minimum atomic E-state index is -0.902. The van der Waals surface area contributed by atoms with Gasteiger partial charge in [-0.2, -0.15) is 0 Å². The fourth-order valence-corrected chi connectivity index (χ4v) is 2.61. The molecule has 3 rings (SSSR count). The lowest BCUT2D eigenvalue weighted by molar-refractivity contribution is 0.252. The average Bonchev–Trinajstić information content (AvgIpc) is 2.94. The number of fused-ring (bicyclic) bond motifs is 1. The van der Waals surface area contributed by atoms with Crippen molar-refractivity contribution in [2.75, 3.05) is 11.9 Å². The van der Waals surface area contributed by atoms with Crippen molar-refractivity contribution in [1.82, 2.24) is 5.32 Å². The predicted molar refractivity (Wildman–Crippen MR) is 90.6 cm³/mol. The summed E-state index contributed by atoms with van der Waals surface area (Å²) in [6, 6.07) is 15.4. The first-order valence-electron chi connectivity index (χ1n) is 7.73. The molecule has 0 radical (unpaired) electrons. The SMILES string of the molecule is O=C(NCCCc1ccccc1)Nc1ccc2c(c1)B(O)OC2. The number of amides is 2. The van der Waals surface area contributed by atoms with E-state index in [9.17, 15) is 9.82 Å². The molecule has 6 heteroatoms. The first kappa shape index (κ1) is 15.6. The van der Waals surface area contributed by atoms with Crippen LogP contribution in [0.25, 0.3) is 0 Å². The van der Waals surface area contributed by atoms with Crippen molar-refractivity contribution in [1.29, 1.82) is 0 Å². The fraction of sp³-hybridized carbons (Fsp3) is 0.235. The normalized spacial score (nSPS) is 12.8. The maximum Gasteiger partial charge on any atom is 0.491 e. The largest absolute Gasteiger partial charge is 0.491 e. The van der Waals surface area contributed by atoms with E-state index in [2.05, 4.69) is 22.8 Å². The number of hydrogen-bond acceptors (Lipinski definition) is 3. The molecule has 1 aliphatic rings. The second-order valence-corrected chi connectivity index (χ2v) is 5.55. The van der Waals surface area contributed by atoms with E-state index < -0.39 is 7.12 Å². The minimum absolute atomic E-state index is 0.244. The highest BCUT2D eigenvalue weighted by Gasteiger charge is 2.27. The number of rotatable bonds is 5. The van der Waals surface area contributed by atoms with E-state index in [-0.39, 0.29) is 6.03 Å². The molecule has 23 heavy (non-hydrogen) atoms. The van der Waals surface area contributed by atoms with Crippen LogP contribution < -0.4 is 16.1 Å². The van der Waals surface area contributed by atoms with Crippen molar-refractivity contribution in [3.63, 3.8) is 0 Å². The Balaban J connectivity index is 1.44. The Hall–Kier alpha value is -2.31. The highest BCUT2D eigenvalue weighted by atomic mass is 16.5. The molecule has 118 valence electrons. The molecular weight excluding hydrogens is 291 g/mol. The molecule has 0 unspecified atom stereocenters. The second kappa shape index (κ2) is 7.31. The summed E-state index contributed by atoms with van der Waals surface area (Å²) in [4.78, 5) is 11.9. The quantitative estimate of drug-likeness (QED) is 0.581. The third kappa shape index (κ3) is 4.12. The Bertz CT molecular complexity index is 679. The molecule has 0 saturated heterocycles. The standard InChI is InChI=1S/C17H19BN2O3/c21-17(19-10-4-7-13-5-2-1-3-6-13)20-15-9-8-14-12-23-18(22)16(14)11-15/h1-3,5-6,8-9,11,22H,4,7,10,12H2,(H2,19,20,21). The van der Waals surface area contributed by atoms with Crippen LogP contribution in [0.3, 0.4) is 0 Å². The number of aryl methyl sites for hydroxylation is 1. The van der Waals surface area contributed by atoms with Crippen LogP contribution in [0, 0.1) is 0 Å². The van der Waals surface area contributed by atoms with E-state index in [1.54, 1.807) is 6.07 Å². The molecule has 0 saturated carbocycles. The van der Waals surface area contributed by atoms with Crippen molar-refractivity contribution in [2.24, 2.45) is 0 Å². The zero-order valence-corrected chi connectivity index (χ0v) is 12.8. The number of carbonyl (C=O) groups is 1. The fourth-order valence-electron chi connectivity index (χ4n) is 2.61. The summed E-state index contributed by atoms with van der Waals surface area (Å²) < 4.78 is 5.13. The van der Waals surface area contributed by atoms with Gasteiger partial charge in [0.1, 0.15) is 0 Å². The summed E-state index contributed by atoms with van der Waals surface area (Å²) in [5.74, 6) is 0. The van der Waals surface area contributed by atoms with Crippen molar-refractivity contribution in [3.8, 4) is 0 Å². The van der Waals surface area contributed by atoms with Gasteiger partial charge in [-0.1, -0.05) is 36.4 Å². The average molecular weight is 310 g/mol. The Morgan fingerprint density at radius 3 is 2.87 bits per heavy atom. The van der Waals surface area contributed by atoms with Crippen LogP contribution in [0.2, 0.25) is 0 Å². The molecule has 2 aromatic rings. The molecule has 2 aromatic carbocycles. The molecule has 0 spiro atoms. The van der Waals surface area contributed by atoms with Gasteiger partial charge in [-0.25, -0.2) is 4.79 Å². The molecule has 0 bridgehead atoms. The van der Waals surface area contributed by atoms with Gasteiger partial charge in [0.2, 0.25) is 0 Å². The topological polar surface area (TPSA) is 70.6 Å². The first-order chi connectivity index (χ1) is 11.2. The molecule has 0 aliphatic carbocycles. The number of carbonyl (C=O) groups excluding carboxylic acids is 1. The van der Waals surface area contributed by atoms with Gasteiger partial charge in [0.25, 0.3) is 0 Å². The van der Waals surface area contributed by atoms with E-state index in [1.165, 1.54) is 5.56 Å². The zero-order chi connectivity index (χ0) is 16.1. The van der Waals surface area contributed by atoms with E-state index in [1.807, 2.05) is 30.3 Å². The van der Waals surface area contributed by atoms with Gasteiger partial charge in [-0.15, -0.1) is 0 Å². The Morgan fingerprint density at radius 2 is 2.04 bits per heavy atom. The van der Waals surface area contributed by atoms with Crippen LogP contribution in [-0.2, 0) is 17.7 Å². The van der Waals surface area contributed by atoms with Crippen molar-refractivity contribution >= 4 is 24.3 Å². The van der Waals surface area contributed by atoms with Gasteiger partial charge in [0.05, 0.1) is 6.61 Å².